The van der Waals surface area contributed by atoms with E-state index in [1.165, 1.54) is 84.5 Å². The summed E-state index contributed by atoms with van der Waals surface area (Å²) in [5, 5.41) is 0. The molecule has 1 aliphatic carbocycles. The lowest BCUT2D eigenvalue weighted by Gasteiger charge is -2.38. The van der Waals surface area contributed by atoms with Crippen molar-refractivity contribution in [3.05, 3.63) is 0 Å². The van der Waals surface area contributed by atoms with E-state index in [2.05, 4.69) is 35.5 Å². The van der Waals surface area contributed by atoms with E-state index in [9.17, 15) is 0 Å². The molecule has 0 aromatic carbocycles. The van der Waals surface area contributed by atoms with E-state index in [0.29, 0.717) is 0 Å². The predicted octanol–water partition coefficient (Wildman–Crippen LogP) is 2.91. The van der Waals surface area contributed by atoms with Gasteiger partial charge in [0.25, 0.3) is 0 Å². The highest BCUT2D eigenvalue weighted by molar-refractivity contribution is 4.96. The fraction of sp³-hybridized carbons (Fsp3) is 1.00. The minimum absolute atomic E-state index is 0.720. The Kier molecular flexibility index (Phi) is 5.47. The summed E-state index contributed by atoms with van der Waals surface area (Å²) in [6.45, 7) is 17.6. The zero-order valence-corrected chi connectivity index (χ0v) is 15.2. The summed E-state index contributed by atoms with van der Waals surface area (Å²) >= 11 is 0. The fourth-order valence-corrected chi connectivity index (χ4v) is 4.70. The van der Waals surface area contributed by atoms with Gasteiger partial charge in [0.15, 0.2) is 0 Å². The second-order valence-corrected chi connectivity index (χ2v) is 8.57. The highest BCUT2D eigenvalue weighted by Gasteiger charge is 2.43. The molecule has 1 saturated carbocycles. The van der Waals surface area contributed by atoms with Crippen LogP contribution in [-0.4, -0.2) is 73.1 Å². The molecular formula is C19H37N3. The zero-order valence-electron chi connectivity index (χ0n) is 15.2. The Morgan fingerprint density at radius 3 is 2.32 bits per heavy atom. The number of piperazine rings is 1. The Bertz CT molecular complexity index is 343. The third-order valence-electron chi connectivity index (χ3n) is 6.32. The molecule has 0 aromatic heterocycles. The average molecular weight is 308 g/mol. The Morgan fingerprint density at radius 1 is 1.00 bits per heavy atom. The van der Waals surface area contributed by atoms with Gasteiger partial charge in [0, 0.05) is 51.9 Å². The van der Waals surface area contributed by atoms with Crippen molar-refractivity contribution in [3.8, 4) is 0 Å². The summed E-state index contributed by atoms with van der Waals surface area (Å²) in [5.41, 5.74) is 0.743. The van der Waals surface area contributed by atoms with Gasteiger partial charge in [-0.1, -0.05) is 13.3 Å². The summed E-state index contributed by atoms with van der Waals surface area (Å²) in [7, 11) is 0. The van der Waals surface area contributed by atoms with Crippen LogP contribution in [0.1, 0.15) is 52.9 Å². The normalized spacial score (nSPS) is 30.3. The Labute approximate surface area is 138 Å². The Morgan fingerprint density at radius 2 is 1.73 bits per heavy atom. The number of rotatable bonds is 7. The Hall–Kier alpha value is -0.120. The maximum absolute atomic E-state index is 2.79. The van der Waals surface area contributed by atoms with Crippen molar-refractivity contribution >= 4 is 0 Å². The number of nitrogens with zero attached hydrogens (tertiary/aromatic N) is 3. The molecule has 3 rings (SSSR count). The van der Waals surface area contributed by atoms with Crippen LogP contribution in [0.15, 0.2) is 0 Å². The molecule has 0 unspecified atom stereocenters. The molecule has 22 heavy (non-hydrogen) atoms. The number of likely N-dealkylation sites (tertiary alicyclic amines) is 1. The lowest BCUT2D eigenvalue weighted by atomic mass is 10.0. The van der Waals surface area contributed by atoms with Crippen molar-refractivity contribution in [1.29, 1.82) is 0 Å². The van der Waals surface area contributed by atoms with Crippen LogP contribution < -0.4 is 0 Å². The predicted molar refractivity (Wildman–Crippen MR) is 94.3 cm³/mol. The zero-order chi connectivity index (χ0) is 15.6. The molecule has 128 valence electrons. The van der Waals surface area contributed by atoms with E-state index in [0.717, 1.165) is 17.4 Å². The topological polar surface area (TPSA) is 9.72 Å². The van der Waals surface area contributed by atoms with Crippen LogP contribution in [0.3, 0.4) is 0 Å². The monoisotopic (exact) mass is 307 g/mol. The van der Waals surface area contributed by atoms with Crippen molar-refractivity contribution < 1.29 is 0 Å². The van der Waals surface area contributed by atoms with Gasteiger partial charge in [0.2, 0.25) is 0 Å². The molecule has 2 heterocycles. The molecule has 0 N–H and O–H groups in total. The first-order valence-corrected chi connectivity index (χ1v) is 9.79. The quantitative estimate of drug-likeness (QED) is 0.716. The van der Waals surface area contributed by atoms with E-state index in [-0.39, 0.29) is 0 Å². The molecule has 0 aromatic rings. The molecule has 0 amide bonds. The number of hydrogen-bond acceptors (Lipinski definition) is 3. The van der Waals surface area contributed by atoms with Crippen molar-refractivity contribution in [2.24, 2.45) is 11.3 Å². The molecule has 2 aliphatic heterocycles. The standard InChI is InChI=1S/C19H37N3/c1-4-6-19(7-8-19)16-21-9-5-18(15-21)14-20-10-12-22(13-11-20)17(2)3/h17-18H,4-16H2,1-3H3/t18-/m0/s1. The lowest BCUT2D eigenvalue weighted by Crippen LogP contribution is -2.50. The van der Waals surface area contributed by atoms with Gasteiger partial charge in [0.1, 0.15) is 0 Å². The van der Waals surface area contributed by atoms with Crippen LogP contribution in [0, 0.1) is 11.3 Å². The minimum atomic E-state index is 0.720. The molecule has 3 heteroatoms. The third kappa shape index (κ3) is 4.24. The first kappa shape index (κ1) is 16.7. The molecule has 1 atom stereocenters. The summed E-state index contributed by atoms with van der Waals surface area (Å²) < 4.78 is 0. The Balaban J connectivity index is 1.37. The summed E-state index contributed by atoms with van der Waals surface area (Å²) in [6.07, 6.45) is 7.27. The first-order valence-electron chi connectivity index (χ1n) is 9.79. The van der Waals surface area contributed by atoms with Crippen LogP contribution in [0.5, 0.6) is 0 Å². The van der Waals surface area contributed by atoms with Gasteiger partial charge in [-0.15, -0.1) is 0 Å². The van der Waals surface area contributed by atoms with E-state index < -0.39 is 0 Å². The number of hydrogen-bond donors (Lipinski definition) is 0. The minimum Gasteiger partial charge on any atom is -0.302 e. The second-order valence-electron chi connectivity index (χ2n) is 8.57. The second kappa shape index (κ2) is 7.19. The summed E-state index contributed by atoms with van der Waals surface area (Å²) in [6, 6.07) is 0.720. The van der Waals surface area contributed by atoms with Gasteiger partial charge in [-0.2, -0.15) is 0 Å². The van der Waals surface area contributed by atoms with Crippen molar-refractivity contribution in [2.45, 2.75) is 58.9 Å². The molecule has 0 bridgehead atoms. The van der Waals surface area contributed by atoms with Crippen LogP contribution in [0.4, 0.5) is 0 Å². The maximum Gasteiger partial charge on any atom is 0.0113 e. The molecule has 2 saturated heterocycles. The SMILES string of the molecule is CCCC1(CN2CC[C@@H](CN3CCN(C(C)C)CC3)C2)CC1. The smallest absolute Gasteiger partial charge is 0.0113 e. The first-order chi connectivity index (χ1) is 10.6. The van der Waals surface area contributed by atoms with Gasteiger partial charge < -0.3 is 9.80 Å². The molecule has 0 radical (unpaired) electrons. The van der Waals surface area contributed by atoms with E-state index in [4.69, 9.17) is 0 Å². The molecular weight excluding hydrogens is 270 g/mol. The maximum atomic E-state index is 2.79. The fourth-order valence-electron chi connectivity index (χ4n) is 4.70. The van der Waals surface area contributed by atoms with Crippen LogP contribution >= 0.6 is 0 Å². The molecule has 3 nitrogen and oxygen atoms in total. The third-order valence-corrected chi connectivity index (χ3v) is 6.32. The highest BCUT2D eigenvalue weighted by atomic mass is 15.3. The van der Waals surface area contributed by atoms with Crippen LogP contribution in [-0.2, 0) is 0 Å². The van der Waals surface area contributed by atoms with E-state index >= 15 is 0 Å². The lowest BCUT2D eigenvalue weighted by molar-refractivity contribution is 0.0968. The van der Waals surface area contributed by atoms with Gasteiger partial charge in [0.05, 0.1) is 0 Å². The van der Waals surface area contributed by atoms with Gasteiger partial charge >= 0.3 is 0 Å². The van der Waals surface area contributed by atoms with Crippen LogP contribution in [0.2, 0.25) is 0 Å². The van der Waals surface area contributed by atoms with Crippen molar-refractivity contribution in [1.82, 2.24) is 14.7 Å². The van der Waals surface area contributed by atoms with Gasteiger partial charge in [-0.25, -0.2) is 0 Å². The summed E-state index contributed by atoms with van der Waals surface area (Å²) in [5.74, 6) is 0.933. The molecule has 0 spiro atoms. The van der Waals surface area contributed by atoms with Gasteiger partial charge in [-0.05, 0) is 57.4 Å². The van der Waals surface area contributed by atoms with E-state index in [1.807, 2.05) is 0 Å². The highest BCUT2D eigenvalue weighted by Crippen LogP contribution is 2.50. The van der Waals surface area contributed by atoms with Crippen molar-refractivity contribution in [3.63, 3.8) is 0 Å². The molecule has 3 aliphatic rings. The van der Waals surface area contributed by atoms with Gasteiger partial charge in [-0.3, -0.25) is 4.90 Å². The average Bonchev–Trinajstić information content (AvgIpc) is 3.10. The summed E-state index contributed by atoms with van der Waals surface area (Å²) in [4.78, 5) is 8.14. The molecule has 3 fully saturated rings. The van der Waals surface area contributed by atoms with E-state index in [1.54, 1.807) is 0 Å². The van der Waals surface area contributed by atoms with Crippen molar-refractivity contribution in [2.75, 3.05) is 52.4 Å². The van der Waals surface area contributed by atoms with Crippen LogP contribution in [0.25, 0.3) is 0 Å². The largest absolute Gasteiger partial charge is 0.302 e.